The van der Waals surface area contributed by atoms with E-state index >= 15 is 0 Å². The van der Waals surface area contributed by atoms with Crippen molar-refractivity contribution in [3.05, 3.63) is 71.8 Å². The Morgan fingerprint density at radius 3 is 2.15 bits per heavy atom. The van der Waals surface area contributed by atoms with Crippen LogP contribution >= 0.6 is 0 Å². The summed E-state index contributed by atoms with van der Waals surface area (Å²) in [5.41, 5.74) is 4.54. The van der Waals surface area contributed by atoms with Crippen molar-refractivity contribution >= 4 is 11.8 Å². The Morgan fingerprint density at radius 2 is 1.50 bits per heavy atom. The Kier molecular flexibility index (Phi) is 6.39. The lowest BCUT2D eigenvalue weighted by molar-refractivity contribution is -0.128. The van der Waals surface area contributed by atoms with Crippen molar-refractivity contribution in [2.45, 2.75) is 31.7 Å². The SMILES string of the molecule is O=C(N[C@H](Cc1ccccc1)C(=O)NN1CCCCC1)c1ccccc1. The molecular weight excluding hydrogens is 326 g/mol. The third-order valence-corrected chi connectivity index (χ3v) is 4.56. The molecule has 1 aliphatic heterocycles. The van der Waals surface area contributed by atoms with Crippen LogP contribution in [0.3, 0.4) is 0 Å². The summed E-state index contributed by atoms with van der Waals surface area (Å²) < 4.78 is 0. The maximum atomic E-state index is 12.8. The van der Waals surface area contributed by atoms with Crippen LogP contribution in [0, 0.1) is 0 Å². The third kappa shape index (κ3) is 5.17. The van der Waals surface area contributed by atoms with Crippen LogP contribution in [0.1, 0.15) is 35.2 Å². The Hall–Kier alpha value is -2.66. The molecule has 1 fully saturated rings. The molecule has 1 saturated heterocycles. The Balaban J connectivity index is 1.70. The molecule has 0 aromatic heterocycles. The van der Waals surface area contributed by atoms with Crippen molar-refractivity contribution < 1.29 is 9.59 Å². The predicted molar refractivity (Wildman–Crippen MR) is 101 cm³/mol. The fourth-order valence-corrected chi connectivity index (χ4v) is 3.13. The van der Waals surface area contributed by atoms with Gasteiger partial charge in [0.2, 0.25) is 0 Å². The summed E-state index contributed by atoms with van der Waals surface area (Å²) >= 11 is 0. The van der Waals surface area contributed by atoms with E-state index in [4.69, 9.17) is 0 Å². The second-order valence-electron chi connectivity index (χ2n) is 6.61. The van der Waals surface area contributed by atoms with Crippen LogP contribution in [0.2, 0.25) is 0 Å². The average Bonchev–Trinajstić information content (AvgIpc) is 2.69. The summed E-state index contributed by atoms with van der Waals surface area (Å²) in [4.78, 5) is 25.4. The predicted octanol–water partition coefficient (Wildman–Crippen LogP) is 2.54. The van der Waals surface area contributed by atoms with E-state index in [1.165, 1.54) is 6.42 Å². The quantitative estimate of drug-likeness (QED) is 0.841. The first-order valence-corrected chi connectivity index (χ1v) is 9.17. The van der Waals surface area contributed by atoms with Crippen molar-refractivity contribution in [2.75, 3.05) is 13.1 Å². The number of carbonyl (C=O) groups is 2. The minimum absolute atomic E-state index is 0.167. The van der Waals surface area contributed by atoms with Crippen LogP contribution in [0.25, 0.3) is 0 Å². The molecule has 5 heteroatoms. The molecule has 1 atom stereocenters. The maximum Gasteiger partial charge on any atom is 0.257 e. The second kappa shape index (κ2) is 9.15. The molecule has 3 rings (SSSR count). The van der Waals surface area contributed by atoms with E-state index in [1.807, 2.05) is 53.5 Å². The monoisotopic (exact) mass is 351 g/mol. The minimum atomic E-state index is -0.618. The van der Waals surface area contributed by atoms with Gasteiger partial charge in [-0.3, -0.25) is 15.0 Å². The van der Waals surface area contributed by atoms with Crippen molar-refractivity contribution in [3.8, 4) is 0 Å². The fraction of sp³-hybridized carbons (Fsp3) is 0.333. The Labute approximate surface area is 154 Å². The van der Waals surface area contributed by atoms with Crippen LogP contribution in [-0.2, 0) is 11.2 Å². The highest BCUT2D eigenvalue weighted by atomic mass is 16.2. The Bertz CT molecular complexity index is 713. The van der Waals surface area contributed by atoms with Crippen LogP contribution < -0.4 is 10.7 Å². The highest BCUT2D eigenvalue weighted by Gasteiger charge is 2.24. The van der Waals surface area contributed by atoms with Crippen molar-refractivity contribution in [1.29, 1.82) is 0 Å². The van der Waals surface area contributed by atoms with Gasteiger partial charge in [0.25, 0.3) is 11.8 Å². The van der Waals surface area contributed by atoms with Crippen LogP contribution in [-0.4, -0.2) is 36.0 Å². The first-order valence-electron chi connectivity index (χ1n) is 9.17. The van der Waals surface area contributed by atoms with Gasteiger partial charge >= 0.3 is 0 Å². The summed E-state index contributed by atoms with van der Waals surface area (Å²) in [5.74, 6) is -0.402. The molecule has 0 spiro atoms. The molecule has 26 heavy (non-hydrogen) atoms. The normalized spacial score (nSPS) is 15.8. The zero-order chi connectivity index (χ0) is 18.2. The van der Waals surface area contributed by atoms with E-state index in [-0.39, 0.29) is 11.8 Å². The highest BCUT2D eigenvalue weighted by Crippen LogP contribution is 2.09. The van der Waals surface area contributed by atoms with Gasteiger partial charge in [0, 0.05) is 25.1 Å². The number of nitrogens with one attached hydrogen (secondary N) is 2. The standard InChI is InChI=1S/C21H25N3O2/c25-20(18-12-6-2-7-13-18)22-19(16-17-10-4-1-5-11-17)21(26)23-24-14-8-3-9-15-24/h1-2,4-7,10-13,19H,3,8-9,14-16H2,(H,22,25)(H,23,26)/t19-/m1/s1. The zero-order valence-corrected chi connectivity index (χ0v) is 14.9. The van der Waals surface area contributed by atoms with E-state index in [0.29, 0.717) is 12.0 Å². The molecule has 2 aromatic carbocycles. The average molecular weight is 351 g/mol. The molecule has 2 N–H and O–H groups in total. The molecule has 2 aromatic rings. The summed E-state index contributed by atoms with van der Waals surface area (Å²) in [7, 11) is 0. The second-order valence-corrected chi connectivity index (χ2v) is 6.61. The van der Waals surface area contributed by atoms with E-state index in [2.05, 4.69) is 10.7 Å². The molecule has 0 unspecified atom stereocenters. The van der Waals surface area contributed by atoms with Gasteiger partial charge in [-0.2, -0.15) is 0 Å². The molecule has 2 amide bonds. The number of hydrogen-bond acceptors (Lipinski definition) is 3. The molecule has 0 saturated carbocycles. The fourth-order valence-electron chi connectivity index (χ4n) is 3.13. The zero-order valence-electron chi connectivity index (χ0n) is 14.9. The van der Waals surface area contributed by atoms with Crippen LogP contribution in [0.5, 0.6) is 0 Å². The van der Waals surface area contributed by atoms with Gasteiger partial charge < -0.3 is 5.32 Å². The molecule has 1 heterocycles. The smallest absolute Gasteiger partial charge is 0.257 e. The van der Waals surface area contributed by atoms with Crippen LogP contribution in [0.4, 0.5) is 0 Å². The number of rotatable bonds is 6. The molecule has 1 aliphatic rings. The molecule has 0 radical (unpaired) electrons. The first kappa shape index (κ1) is 18.1. The minimum Gasteiger partial charge on any atom is -0.340 e. The number of hydrazine groups is 1. The van der Waals surface area contributed by atoms with E-state index in [1.54, 1.807) is 12.1 Å². The van der Waals surface area contributed by atoms with Gasteiger partial charge in [-0.25, -0.2) is 5.01 Å². The van der Waals surface area contributed by atoms with Crippen molar-refractivity contribution in [3.63, 3.8) is 0 Å². The largest absolute Gasteiger partial charge is 0.340 e. The number of hydrogen-bond donors (Lipinski definition) is 2. The molecule has 136 valence electrons. The first-order chi connectivity index (χ1) is 12.7. The number of amides is 2. The lowest BCUT2D eigenvalue weighted by atomic mass is 10.0. The Morgan fingerprint density at radius 1 is 0.885 bits per heavy atom. The van der Waals surface area contributed by atoms with Gasteiger partial charge in [-0.05, 0) is 30.5 Å². The number of benzene rings is 2. The van der Waals surface area contributed by atoms with E-state index < -0.39 is 6.04 Å². The van der Waals surface area contributed by atoms with Crippen molar-refractivity contribution in [1.82, 2.24) is 15.8 Å². The van der Waals surface area contributed by atoms with Gasteiger partial charge in [0.1, 0.15) is 6.04 Å². The van der Waals surface area contributed by atoms with E-state index in [0.717, 1.165) is 31.5 Å². The molecule has 5 nitrogen and oxygen atoms in total. The van der Waals surface area contributed by atoms with Gasteiger partial charge in [-0.1, -0.05) is 55.0 Å². The highest BCUT2D eigenvalue weighted by molar-refractivity contribution is 5.97. The summed E-state index contributed by atoms with van der Waals surface area (Å²) in [5, 5.41) is 4.85. The third-order valence-electron chi connectivity index (χ3n) is 4.56. The molecule has 0 bridgehead atoms. The summed E-state index contributed by atoms with van der Waals surface area (Å²) in [6, 6.07) is 18.1. The number of carbonyl (C=O) groups excluding carboxylic acids is 2. The van der Waals surface area contributed by atoms with Gasteiger partial charge in [0.15, 0.2) is 0 Å². The van der Waals surface area contributed by atoms with Gasteiger partial charge in [0.05, 0.1) is 0 Å². The lowest BCUT2D eigenvalue weighted by Gasteiger charge is -2.29. The van der Waals surface area contributed by atoms with E-state index in [9.17, 15) is 9.59 Å². The topological polar surface area (TPSA) is 61.4 Å². The molecular formula is C21H25N3O2. The van der Waals surface area contributed by atoms with Gasteiger partial charge in [-0.15, -0.1) is 0 Å². The summed E-state index contributed by atoms with van der Waals surface area (Å²) in [6.45, 7) is 1.72. The number of nitrogens with zero attached hydrogens (tertiary/aromatic N) is 1. The van der Waals surface area contributed by atoms with Crippen molar-refractivity contribution in [2.24, 2.45) is 0 Å². The number of piperidine rings is 1. The molecule has 0 aliphatic carbocycles. The summed E-state index contributed by atoms with van der Waals surface area (Å²) in [6.07, 6.45) is 3.82. The lowest BCUT2D eigenvalue weighted by Crippen LogP contribution is -2.54. The maximum absolute atomic E-state index is 12.8. The van der Waals surface area contributed by atoms with Crippen LogP contribution in [0.15, 0.2) is 60.7 Å².